The summed E-state index contributed by atoms with van der Waals surface area (Å²) in [5.41, 5.74) is 3.27. The lowest BCUT2D eigenvalue weighted by Crippen LogP contribution is -1.95. The molecule has 0 aliphatic heterocycles. The lowest BCUT2D eigenvalue weighted by atomic mass is 10.1. The van der Waals surface area contributed by atoms with E-state index in [1.807, 2.05) is 24.3 Å². The Kier molecular flexibility index (Phi) is 5.16. The molecule has 2 aromatic carbocycles. The highest BCUT2D eigenvalue weighted by atomic mass is 16.5. The summed E-state index contributed by atoms with van der Waals surface area (Å²) < 4.78 is 5.71. The summed E-state index contributed by atoms with van der Waals surface area (Å²) in [4.78, 5) is 10.4. The minimum Gasteiger partial charge on any atom is -0.489 e. The van der Waals surface area contributed by atoms with Crippen molar-refractivity contribution in [2.75, 3.05) is 0 Å². The number of carbonyl (C=O) groups is 1. The van der Waals surface area contributed by atoms with Crippen LogP contribution in [0.2, 0.25) is 0 Å². The molecule has 0 radical (unpaired) electrons. The summed E-state index contributed by atoms with van der Waals surface area (Å²) in [6.45, 7) is 2.65. The molecule has 0 atom stereocenters. The van der Waals surface area contributed by atoms with Gasteiger partial charge in [0.25, 0.3) is 0 Å². The summed E-state index contributed by atoms with van der Waals surface area (Å²) in [5, 5.41) is 8.57. The fraction of sp³-hybridized carbons (Fsp3) is 0.167. The Morgan fingerprint density at radius 1 is 1.05 bits per heavy atom. The van der Waals surface area contributed by atoms with Gasteiger partial charge in [0.2, 0.25) is 0 Å². The zero-order valence-electron chi connectivity index (χ0n) is 12.0. The van der Waals surface area contributed by atoms with Gasteiger partial charge in [-0.1, -0.05) is 43.3 Å². The molecule has 2 aromatic rings. The number of hydrogen-bond donors (Lipinski definition) is 1. The predicted octanol–water partition coefficient (Wildman–Crippen LogP) is 3.93. The molecule has 0 saturated heterocycles. The van der Waals surface area contributed by atoms with Crippen molar-refractivity contribution in [1.82, 2.24) is 0 Å². The third-order valence-electron chi connectivity index (χ3n) is 3.14. The number of aliphatic carboxylic acids is 1. The number of benzene rings is 2. The Hall–Kier alpha value is -2.55. The number of carboxylic acids is 1. The van der Waals surface area contributed by atoms with Crippen LogP contribution in [0.5, 0.6) is 5.75 Å². The van der Waals surface area contributed by atoms with E-state index in [0.717, 1.165) is 29.4 Å². The summed E-state index contributed by atoms with van der Waals surface area (Å²) >= 11 is 0. The average Bonchev–Trinajstić information content (AvgIpc) is 2.52. The molecule has 0 fully saturated rings. The molecule has 21 heavy (non-hydrogen) atoms. The van der Waals surface area contributed by atoms with Crippen molar-refractivity contribution in [3.8, 4) is 5.75 Å². The van der Waals surface area contributed by atoms with Crippen molar-refractivity contribution in [2.45, 2.75) is 20.0 Å². The molecule has 0 saturated carbocycles. The van der Waals surface area contributed by atoms with E-state index in [4.69, 9.17) is 9.84 Å². The minimum atomic E-state index is -0.953. The van der Waals surface area contributed by atoms with Crippen molar-refractivity contribution < 1.29 is 14.6 Å². The van der Waals surface area contributed by atoms with Gasteiger partial charge in [-0.2, -0.15) is 0 Å². The molecular weight excluding hydrogens is 264 g/mol. The molecule has 0 bridgehead atoms. The maximum absolute atomic E-state index is 10.4. The van der Waals surface area contributed by atoms with E-state index in [9.17, 15) is 4.79 Å². The van der Waals surface area contributed by atoms with Gasteiger partial charge in [0.05, 0.1) is 0 Å². The van der Waals surface area contributed by atoms with Crippen molar-refractivity contribution in [2.24, 2.45) is 0 Å². The lowest BCUT2D eigenvalue weighted by molar-refractivity contribution is -0.131. The second kappa shape index (κ2) is 7.29. The van der Waals surface area contributed by atoms with Crippen molar-refractivity contribution >= 4 is 12.0 Å². The normalized spacial score (nSPS) is 10.7. The molecule has 0 aliphatic carbocycles. The molecule has 108 valence electrons. The fourth-order valence-corrected chi connectivity index (χ4v) is 1.88. The molecule has 0 spiro atoms. The van der Waals surface area contributed by atoms with Gasteiger partial charge in [0.15, 0.2) is 0 Å². The Balaban J connectivity index is 1.92. The highest BCUT2D eigenvalue weighted by molar-refractivity contribution is 5.85. The van der Waals surface area contributed by atoms with Crippen LogP contribution in [-0.2, 0) is 17.8 Å². The Bertz CT molecular complexity index is 610. The first-order chi connectivity index (χ1) is 10.2. The van der Waals surface area contributed by atoms with Gasteiger partial charge in [-0.25, -0.2) is 4.79 Å². The molecule has 3 nitrogen and oxygen atoms in total. The molecule has 0 unspecified atom stereocenters. The topological polar surface area (TPSA) is 46.5 Å². The molecule has 0 amide bonds. The predicted molar refractivity (Wildman–Crippen MR) is 83.3 cm³/mol. The smallest absolute Gasteiger partial charge is 0.328 e. The first kappa shape index (κ1) is 14.9. The highest BCUT2D eigenvalue weighted by Gasteiger charge is 1.97. The first-order valence-corrected chi connectivity index (χ1v) is 6.89. The van der Waals surface area contributed by atoms with Crippen LogP contribution >= 0.6 is 0 Å². The van der Waals surface area contributed by atoms with E-state index in [1.54, 1.807) is 6.08 Å². The van der Waals surface area contributed by atoms with Crippen LogP contribution in [0.1, 0.15) is 23.6 Å². The third-order valence-corrected chi connectivity index (χ3v) is 3.14. The van der Waals surface area contributed by atoms with Crippen LogP contribution in [0.3, 0.4) is 0 Å². The van der Waals surface area contributed by atoms with Crippen molar-refractivity contribution in [1.29, 1.82) is 0 Å². The molecular formula is C18H18O3. The maximum atomic E-state index is 10.4. The Morgan fingerprint density at radius 2 is 1.67 bits per heavy atom. The van der Waals surface area contributed by atoms with Crippen molar-refractivity contribution in [3.63, 3.8) is 0 Å². The van der Waals surface area contributed by atoms with E-state index in [0.29, 0.717) is 6.61 Å². The van der Waals surface area contributed by atoms with Gasteiger partial charge >= 0.3 is 5.97 Å². The van der Waals surface area contributed by atoms with E-state index >= 15 is 0 Å². The summed E-state index contributed by atoms with van der Waals surface area (Å²) in [5.74, 6) is -0.187. The highest BCUT2D eigenvalue weighted by Crippen LogP contribution is 2.15. The second-order valence-corrected chi connectivity index (χ2v) is 4.70. The van der Waals surface area contributed by atoms with E-state index in [2.05, 4.69) is 31.2 Å². The van der Waals surface area contributed by atoms with E-state index < -0.39 is 5.97 Å². The van der Waals surface area contributed by atoms with Crippen molar-refractivity contribution in [3.05, 3.63) is 71.3 Å². The van der Waals surface area contributed by atoms with Gasteiger partial charge in [0, 0.05) is 6.08 Å². The van der Waals surface area contributed by atoms with Gasteiger partial charge in [-0.05, 0) is 41.3 Å². The molecule has 2 rings (SSSR count). The summed E-state index contributed by atoms with van der Waals surface area (Å²) in [7, 11) is 0. The van der Waals surface area contributed by atoms with Crippen LogP contribution in [0.25, 0.3) is 6.08 Å². The molecule has 0 aliphatic rings. The minimum absolute atomic E-state index is 0.522. The number of rotatable bonds is 6. The van der Waals surface area contributed by atoms with Gasteiger partial charge in [0.1, 0.15) is 12.4 Å². The SMILES string of the molecule is CCc1ccc(COc2ccc(C=CC(=O)O)cc2)cc1. The van der Waals surface area contributed by atoms with Crippen LogP contribution in [0, 0.1) is 0 Å². The van der Waals surface area contributed by atoms with Gasteiger partial charge in [-0.15, -0.1) is 0 Å². The largest absolute Gasteiger partial charge is 0.489 e. The molecule has 1 N–H and O–H groups in total. The van der Waals surface area contributed by atoms with Crippen LogP contribution in [0.4, 0.5) is 0 Å². The summed E-state index contributed by atoms with van der Waals surface area (Å²) in [6.07, 6.45) is 3.70. The Morgan fingerprint density at radius 3 is 2.24 bits per heavy atom. The average molecular weight is 282 g/mol. The number of carboxylic acid groups (broad SMARTS) is 1. The van der Waals surface area contributed by atoms with E-state index in [1.165, 1.54) is 5.56 Å². The zero-order valence-corrected chi connectivity index (χ0v) is 12.0. The van der Waals surface area contributed by atoms with E-state index in [-0.39, 0.29) is 0 Å². The zero-order chi connectivity index (χ0) is 15.1. The monoisotopic (exact) mass is 282 g/mol. The fourth-order valence-electron chi connectivity index (χ4n) is 1.88. The second-order valence-electron chi connectivity index (χ2n) is 4.70. The van der Waals surface area contributed by atoms with Gasteiger partial charge in [-0.3, -0.25) is 0 Å². The molecule has 3 heteroatoms. The van der Waals surface area contributed by atoms with Crippen LogP contribution in [-0.4, -0.2) is 11.1 Å². The number of aryl methyl sites for hydroxylation is 1. The molecule has 0 aromatic heterocycles. The Labute approximate surface area is 124 Å². The number of hydrogen-bond acceptors (Lipinski definition) is 2. The van der Waals surface area contributed by atoms with Crippen LogP contribution in [0.15, 0.2) is 54.6 Å². The van der Waals surface area contributed by atoms with Gasteiger partial charge < -0.3 is 9.84 Å². The lowest BCUT2D eigenvalue weighted by Gasteiger charge is -2.07. The quantitative estimate of drug-likeness (QED) is 0.817. The first-order valence-electron chi connectivity index (χ1n) is 6.89. The summed E-state index contributed by atoms with van der Waals surface area (Å²) in [6, 6.07) is 15.7. The third kappa shape index (κ3) is 4.80. The standard InChI is InChI=1S/C18H18O3/c1-2-14-3-5-16(6-4-14)13-21-17-10-7-15(8-11-17)9-12-18(19)20/h3-12H,2,13H2,1H3,(H,19,20). The van der Waals surface area contributed by atoms with Crippen LogP contribution < -0.4 is 4.74 Å². The number of ether oxygens (including phenoxy) is 1. The molecule has 0 heterocycles. The maximum Gasteiger partial charge on any atom is 0.328 e.